The van der Waals surface area contributed by atoms with E-state index < -0.39 is 0 Å². The number of benzene rings is 2. The van der Waals surface area contributed by atoms with Crippen LogP contribution < -0.4 is 10.1 Å². The SMILES string of the molecule is COc1ccc(-c2noc([C@H]3CCCN3C(=O)Nc3cccc(C)c3C)n2)cc1. The molecule has 2 aromatic carbocycles. The molecule has 29 heavy (non-hydrogen) atoms. The smallest absolute Gasteiger partial charge is 0.322 e. The molecular weight excluding hydrogens is 368 g/mol. The first-order valence-corrected chi connectivity index (χ1v) is 9.68. The molecule has 1 fully saturated rings. The fourth-order valence-electron chi connectivity index (χ4n) is 3.57. The van der Waals surface area contributed by atoms with Gasteiger partial charge >= 0.3 is 6.03 Å². The molecule has 1 aliphatic heterocycles. The third-order valence-corrected chi connectivity index (χ3v) is 5.43. The molecular formula is C22H24N4O3. The van der Waals surface area contributed by atoms with Crippen molar-refractivity contribution in [3.05, 3.63) is 59.5 Å². The molecule has 0 spiro atoms. The number of likely N-dealkylation sites (tertiary alicyclic amines) is 1. The van der Waals surface area contributed by atoms with Gasteiger partial charge in [-0.2, -0.15) is 4.98 Å². The Hall–Kier alpha value is -3.35. The van der Waals surface area contributed by atoms with E-state index in [9.17, 15) is 4.79 Å². The Morgan fingerprint density at radius 2 is 2.00 bits per heavy atom. The number of nitrogens with zero attached hydrogens (tertiary/aromatic N) is 3. The Balaban J connectivity index is 1.51. The standard InChI is InChI=1S/C22H24N4O3/c1-14-6-4-7-18(15(14)2)23-22(27)26-13-5-8-19(26)21-24-20(25-29-21)16-9-11-17(28-3)12-10-16/h4,6-7,9-12,19H,5,8,13H2,1-3H3,(H,23,27)/t19-/m1/s1. The lowest BCUT2D eigenvalue weighted by atomic mass is 10.1. The van der Waals surface area contributed by atoms with Gasteiger partial charge in [-0.05, 0) is 68.1 Å². The Morgan fingerprint density at radius 1 is 1.21 bits per heavy atom. The average Bonchev–Trinajstić information content (AvgIpc) is 3.41. The molecule has 4 rings (SSSR count). The maximum absolute atomic E-state index is 12.9. The number of nitrogens with one attached hydrogen (secondary N) is 1. The lowest BCUT2D eigenvalue weighted by Crippen LogP contribution is -2.34. The predicted octanol–water partition coefficient (Wildman–Crippen LogP) is 4.73. The molecule has 0 unspecified atom stereocenters. The van der Waals surface area contributed by atoms with E-state index >= 15 is 0 Å². The summed E-state index contributed by atoms with van der Waals surface area (Å²) < 4.78 is 10.7. The number of carbonyl (C=O) groups excluding carboxylic acids is 1. The van der Waals surface area contributed by atoms with Gasteiger partial charge in [0.05, 0.1) is 7.11 Å². The van der Waals surface area contributed by atoms with Gasteiger partial charge in [-0.3, -0.25) is 0 Å². The normalized spacial score (nSPS) is 16.1. The number of anilines is 1. The van der Waals surface area contributed by atoms with Gasteiger partial charge in [0, 0.05) is 17.8 Å². The highest BCUT2D eigenvalue weighted by Crippen LogP contribution is 2.33. The minimum atomic E-state index is -0.223. The van der Waals surface area contributed by atoms with Gasteiger partial charge in [-0.25, -0.2) is 4.79 Å². The van der Waals surface area contributed by atoms with Crippen molar-refractivity contribution < 1.29 is 14.1 Å². The quantitative estimate of drug-likeness (QED) is 0.694. The van der Waals surface area contributed by atoms with Crippen molar-refractivity contribution in [1.82, 2.24) is 15.0 Å². The van der Waals surface area contributed by atoms with Gasteiger partial charge < -0.3 is 19.5 Å². The van der Waals surface area contributed by atoms with Crippen LogP contribution in [-0.2, 0) is 0 Å². The largest absolute Gasteiger partial charge is 0.497 e. The third kappa shape index (κ3) is 3.81. The number of hydrogen-bond donors (Lipinski definition) is 1. The number of amides is 2. The number of aryl methyl sites for hydroxylation is 1. The molecule has 0 bridgehead atoms. The lowest BCUT2D eigenvalue weighted by Gasteiger charge is -2.23. The molecule has 1 atom stereocenters. The van der Waals surface area contributed by atoms with E-state index in [1.54, 1.807) is 12.0 Å². The van der Waals surface area contributed by atoms with E-state index in [1.165, 1.54) is 0 Å². The first-order valence-electron chi connectivity index (χ1n) is 9.68. The Labute approximate surface area is 169 Å². The molecule has 3 aromatic rings. The molecule has 0 radical (unpaired) electrons. The summed E-state index contributed by atoms with van der Waals surface area (Å²) in [6.45, 7) is 4.69. The van der Waals surface area contributed by atoms with Crippen LogP contribution in [0.3, 0.4) is 0 Å². The fourth-order valence-corrected chi connectivity index (χ4v) is 3.57. The zero-order valence-corrected chi connectivity index (χ0v) is 16.8. The van der Waals surface area contributed by atoms with Crippen LogP contribution >= 0.6 is 0 Å². The van der Waals surface area contributed by atoms with Crippen LogP contribution in [0.1, 0.15) is 35.9 Å². The Bertz CT molecular complexity index is 1010. The number of urea groups is 1. The second-order valence-electron chi connectivity index (χ2n) is 7.21. The summed E-state index contributed by atoms with van der Waals surface area (Å²) in [5.74, 6) is 1.73. The Kier molecular flexibility index (Phi) is 5.20. The average molecular weight is 392 g/mol. The summed E-state index contributed by atoms with van der Waals surface area (Å²) >= 11 is 0. The number of methoxy groups -OCH3 is 1. The summed E-state index contributed by atoms with van der Waals surface area (Å²) in [6, 6.07) is 13.0. The van der Waals surface area contributed by atoms with Gasteiger partial charge in [-0.1, -0.05) is 17.3 Å². The highest BCUT2D eigenvalue weighted by Gasteiger charge is 2.34. The molecule has 2 heterocycles. The second-order valence-corrected chi connectivity index (χ2v) is 7.21. The predicted molar refractivity (Wildman–Crippen MR) is 110 cm³/mol. The first kappa shape index (κ1) is 19.0. The van der Waals surface area contributed by atoms with Crippen molar-refractivity contribution in [2.75, 3.05) is 19.0 Å². The van der Waals surface area contributed by atoms with Gasteiger partial charge in [-0.15, -0.1) is 0 Å². The third-order valence-electron chi connectivity index (χ3n) is 5.43. The Morgan fingerprint density at radius 3 is 2.76 bits per heavy atom. The summed E-state index contributed by atoms with van der Waals surface area (Å²) in [6.07, 6.45) is 1.69. The van der Waals surface area contributed by atoms with E-state index in [2.05, 4.69) is 15.5 Å². The number of rotatable bonds is 4. The zero-order valence-electron chi connectivity index (χ0n) is 16.8. The molecule has 1 N–H and O–H groups in total. The molecule has 2 amide bonds. The first-order chi connectivity index (χ1) is 14.1. The number of aromatic nitrogens is 2. The monoisotopic (exact) mass is 392 g/mol. The zero-order chi connectivity index (χ0) is 20.4. The molecule has 1 saturated heterocycles. The maximum atomic E-state index is 12.9. The lowest BCUT2D eigenvalue weighted by molar-refractivity contribution is 0.193. The molecule has 150 valence electrons. The van der Waals surface area contributed by atoms with Crippen molar-refractivity contribution in [3.8, 4) is 17.1 Å². The number of carbonyl (C=O) groups is 1. The van der Waals surface area contributed by atoms with Crippen molar-refractivity contribution in [2.24, 2.45) is 0 Å². The molecule has 0 aliphatic carbocycles. The molecule has 7 heteroatoms. The second kappa shape index (κ2) is 7.95. The van der Waals surface area contributed by atoms with Gasteiger partial charge in [0.25, 0.3) is 0 Å². The van der Waals surface area contributed by atoms with Crippen LogP contribution in [0.2, 0.25) is 0 Å². The minimum Gasteiger partial charge on any atom is -0.497 e. The van der Waals surface area contributed by atoms with Crippen molar-refractivity contribution in [2.45, 2.75) is 32.7 Å². The topological polar surface area (TPSA) is 80.5 Å². The molecule has 1 aliphatic rings. The van der Waals surface area contributed by atoms with Crippen molar-refractivity contribution >= 4 is 11.7 Å². The summed E-state index contributed by atoms with van der Waals surface area (Å²) in [7, 11) is 1.62. The van der Waals surface area contributed by atoms with Crippen molar-refractivity contribution in [1.29, 1.82) is 0 Å². The highest BCUT2D eigenvalue weighted by atomic mass is 16.5. The van der Waals surface area contributed by atoms with Crippen LogP contribution in [0.5, 0.6) is 5.75 Å². The van der Waals surface area contributed by atoms with Gasteiger partial charge in [0.15, 0.2) is 0 Å². The van der Waals surface area contributed by atoms with Crippen LogP contribution in [-0.4, -0.2) is 34.7 Å². The minimum absolute atomic E-state index is 0.148. The molecule has 0 saturated carbocycles. The number of hydrogen-bond acceptors (Lipinski definition) is 5. The maximum Gasteiger partial charge on any atom is 0.322 e. The molecule has 7 nitrogen and oxygen atoms in total. The van der Waals surface area contributed by atoms with E-state index in [-0.39, 0.29) is 12.1 Å². The van der Waals surface area contributed by atoms with E-state index in [1.807, 2.05) is 56.3 Å². The van der Waals surface area contributed by atoms with Gasteiger partial charge in [0.1, 0.15) is 11.8 Å². The van der Waals surface area contributed by atoms with E-state index in [0.717, 1.165) is 41.0 Å². The van der Waals surface area contributed by atoms with Gasteiger partial charge in [0.2, 0.25) is 11.7 Å². The van der Waals surface area contributed by atoms with Crippen LogP contribution in [0.15, 0.2) is 47.0 Å². The highest BCUT2D eigenvalue weighted by molar-refractivity contribution is 5.90. The summed E-state index contributed by atoms with van der Waals surface area (Å²) in [5.41, 5.74) is 3.87. The fraction of sp³-hybridized carbons (Fsp3) is 0.318. The van der Waals surface area contributed by atoms with Crippen LogP contribution in [0, 0.1) is 13.8 Å². The number of ether oxygens (including phenoxy) is 1. The van der Waals surface area contributed by atoms with E-state index in [0.29, 0.717) is 18.3 Å². The summed E-state index contributed by atoms with van der Waals surface area (Å²) in [4.78, 5) is 19.2. The van der Waals surface area contributed by atoms with Crippen molar-refractivity contribution in [3.63, 3.8) is 0 Å². The summed E-state index contributed by atoms with van der Waals surface area (Å²) in [5, 5.41) is 7.13. The van der Waals surface area contributed by atoms with Crippen LogP contribution in [0.4, 0.5) is 10.5 Å². The van der Waals surface area contributed by atoms with E-state index in [4.69, 9.17) is 9.26 Å². The van der Waals surface area contributed by atoms with Crippen LogP contribution in [0.25, 0.3) is 11.4 Å². The molecule has 1 aromatic heterocycles.